The molecule has 0 atom stereocenters. The molecule has 1 saturated heterocycles. The van der Waals surface area contributed by atoms with E-state index in [-0.39, 0.29) is 17.8 Å². The Bertz CT molecular complexity index is 1160. The van der Waals surface area contributed by atoms with Crippen molar-refractivity contribution in [3.63, 3.8) is 0 Å². The van der Waals surface area contributed by atoms with Crippen LogP contribution in [0.2, 0.25) is 0 Å². The van der Waals surface area contributed by atoms with Gasteiger partial charge in [-0.3, -0.25) is 4.79 Å². The van der Waals surface area contributed by atoms with Crippen LogP contribution in [0.1, 0.15) is 39.2 Å². The van der Waals surface area contributed by atoms with Crippen LogP contribution in [0, 0.1) is 0 Å². The fourth-order valence-electron chi connectivity index (χ4n) is 3.72. The van der Waals surface area contributed by atoms with Crippen molar-refractivity contribution in [1.29, 1.82) is 0 Å². The minimum absolute atomic E-state index is 0.143. The molecular formula is C25H29N3O5. The van der Waals surface area contributed by atoms with E-state index in [1.165, 1.54) is 6.33 Å². The van der Waals surface area contributed by atoms with Gasteiger partial charge in [-0.25, -0.2) is 9.78 Å². The maximum atomic E-state index is 12.5. The highest BCUT2D eigenvalue weighted by Crippen LogP contribution is 2.31. The molecule has 0 spiro atoms. The van der Waals surface area contributed by atoms with Gasteiger partial charge in [0.15, 0.2) is 0 Å². The van der Waals surface area contributed by atoms with Crippen LogP contribution in [0.5, 0.6) is 11.5 Å². The number of nitrogens with one attached hydrogen (secondary N) is 1. The van der Waals surface area contributed by atoms with Crippen molar-refractivity contribution >= 4 is 17.0 Å². The highest BCUT2D eigenvalue weighted by atomic mass is 16.6. The maximum absolute atomic E-state index is 12.5. The minimum atomic E-state index is -0.530. The number of hydrogen-bond acceptors (Lipinski definition) is 6. The van der Waals surface area contributed by atoms with Gasteiger partial charge in [-0.2, -0.15) is 0 Å². The van der Waals surface area contributed by atoms with Gasteiger partial charge in [0.2, 0.25) is 0 Å². The number of carbonyl (C=O) groups is 1. The second-order valence-electron chi connectivity index (χ2n) is 9.11. The Labute approximate surface area is 192 Å². The standard InChI is InChI=1S/C25H29N3O5/c1-25(2,3)33-24(30)28-11-9-18(10-12-28)32-21-14-19(31-15-17-7-5-4-6-8-17)13-20-22(21)23(29)27-16-26-20/h4-8,13-14,16,18H,9-12,15H2,1-3H3,(H,26,27,29). The zero-order chi connectivity index (χ0) is 23.4. The predicted molar refractivity (Wildman–Crippen MR) is 125 cm³/mol. The summed E-state index contributed by atoms with van der Waals surface area (Å²) in [6, 6.07) is 13.3. The van der Waals surface area contributed by atoms with Crippen molar-refractivity contribution in [2.24, 2.45) is 0 Å². The summed E-state index contributed by atoms with van der Waals surface area (Å²) in [6.45, 7) is 6.99. The molecule has 1 fully saturated rings. The number of H-pyrrole nitrogens is 1. The quantitative estimate of drug-likeness (QED) is 0.622. The Morgan fingerprint density at radius 1 is 1.15 bits per heavy atom. The molecule has 1 aromatic heterocycles. The average molecular weight is 452 g/mol. The fraction of sp³-hybridized carbons (Fsp3) is 0.400. The molecule has 8 heteroatoms. The summed E-state index contributed by atoms with van der Waals surface area (Å²) in [5.74, 6) is 1.01. The molecule has 0 bridgehead atoms. The van der Waals surface area contributed by atoms with E-state index in [9.17, 15) is 9.59 Å². The van der Waals surface area contributed by atoms with E-state index < -0.39 is 5.60 Å². The van der Waals surface area contributed by atoms with E-state index >= 15 is 0 Å². The van der Waals surface area contributed by atoms with E-state index in [0.29, 0.717) is 54.9 Å². The smallest absolute Gasteiger partial charge is 0.410 e. The van der Waals surface area contributed by atoms with E-state index in [4.69, 9.17) is 14.2 Å². The number of likely N-dealkylation sites (tertiary alicyclic amines) is 1. The Balaban J connectivity index is 1.48. The minimum Gasteiger partial charge on any atom is -0.489 e. The lowest BCUT2D eigenvalue weighted by Crippen LogP contribution is -2.44. The number of aromatic nitrogens is 2. The van der Waals surface area contributed by atoms with Crippen LogP contribution in [0.25, 0.3) is 10.9 Å². The van der Waals surface area contributed by atoms with Gasteiger partial charge in [0.05, 0.1) is 11.8 Å². The molecule has 4 rings (SSSR count). The van der Waals surface area contributed by atoms with Crippen molar-refractivity contribution in [3.8, 4) is 11.5 Å². The van der Waals surface area contributed by atoms with E-state index in [1.54, 1.807) is 17.0 Å². The van der Waals surface area contributed by atoms with Gasteiger partial charge < -0.3 is 24.1 Å². The van der Waals surface area contributed by atoms with Gasteiger partial charge in [0.1, 0.15) is 35.2 Å². The highest BCUT2D eigenvalue weighted by Gasteiger charge is 2.28. The number of rotatable bonds is 5. The number of aromatic amines is 1. The first-order chi connectivity index (χ1) is 15.8. The van der Waals surface area contributed by atoms with Crippen molar-refractivity contribution in [2.45, 2.75) is 51.9 Å². The fourth-order valence-corrected chi connectivity index (χ4v) is 3.72. The zero-order valence-electron chi connectivity index (χ0n) is 19.2. The number of piperidine rings is 1. The summed E-state index contributed by atoms with van der Waals surface area (Å²) in [5, 5.41) is 0.388. The van der Waals surface area contributed by atoms with Crippen LogP contribution < -0.4 is 15.0 Å². The second kappa shape index (κ2) is 9.52. The van der Waals surface area contributed by atoms with Crippen molar-refractivity contribution in [1.82, 2.24) is 14.9 Å². The van der Waals surface area contributed by atoms with Crippen LogP contribution in [0.3, 0.4) is 0 Å². The first kappa shape index (κ1) is 22.6. The lowest BCUT2D eigenvalue weighted by atomic mass is 10.1. The van der Waals surface area contributed by atoms with Gasteiger partial charge in [-0.15, -0.1) is 0 Å². The summed E-state index contributed by atoms with van der Waals surface area (Å²) < 4.78 is 17.7. The summed E-state index contributed by atoms with van der Waals surface area (Å²) in [4.78, 5) is 33.4. The molecule has 0 aliphatic carbocycles. The molecule has 1 aliphatic heterocycles. The number of carbonyl (C=O) groups excluding carboxylic acids is 1. The van der Waals surface area contributed by atoms with Gasteiger partial charge in [-0.05, 0) is 26.3 Å². The molecule has 2 heterocycles. The Morgan fingerprint density at radius 3 is 2.58 bits per heavy atom. The van der Waals surface area contributed by atoms with Crippen LogP contribution >= 0.6 is 0 Å². The average Bonchev–Trinajstić information content (AvgIpc) is 2.78. The maximum Gasteiger partial charge on any atom is 0.410 e. The first-order valence-electron chi connectivity index (χ1n) is 11.1. The number of ether oxygens (including phenoxy) is 3. The van der Waals surface area contributed by atoms with Gasteiger partial charge in [0.25, 0.3) is 5.56 Å². The monoisotopic (exact) mass is 451 g/mol. The molecule has 174 valence electrons. The number of nitrogens with zero attached hydrogens (tertiary/aromatic N) is 2. The van der Waals surface area contributed by atoms with E-state index in [0.717, 1.165) is 5.56 Å². The molecule has 3 aromatic rings. The summed E-state index contributed by atoms with van der Waals surface area (Å²) in [5.41, 5.74) is 0.743. The van der Waals surface area contributed by atoms with E-state index in [1.807, 2.05) is 51.1 Å². The van der Waals surface area contributed by atoms with Crippen LogP contribution in [0.15, 0.2) is 53.6 Å². The molecule has 8 nitrogen and oxygen atoms in total. The number of hydrogen-bond donors (Lipinski definition) is 1. The first-order valence-corrected chi connectivity index (χ1v) is 11.1. The van der Waals surface area contributed by atoms with Gasteiger partial charge in [-0.1, -0.05) is 30.3 Å². The molecule has 0 unspecified atom stereocenters. The van der Waals surface area contributed by atoms with Gasteiger partial charge >= 0.3 is 6.09 Å². The topological polar surface area (TPSA) is 93.8 Å². The third-order valence-electron chi connectivity index (χ3n) is 5.32. The lowest BCUT2D eigenvalue weighted by Gasteiger charge is -2.33. The molecule has 1 N–H and O–H groups in total. The molecule has 0 radical (unpaired) electrons. The van der Waals surface area contributed by atoms with Crippen molar-refractivity contribution in [3.05, 3.63) is 64.7 Å². The summed E-state index contributed by atoms with van der Waals surface area (Å²) in [6.07, 6.45) is 2.18. The van der Waals surface area contributed by atoms with E-state index in [2.05, 4.69) is 9.97 Å². The summed E-state index contributed by atoms with van der Waals surface area (Å²) in [7, 11) is 0. The zero-order valence-corrected chi connectivity index (χ0v) is 19.2. The number of fused-ring (bicyclic) bond motifs is 1. The Kier molecular flexibility index (Phi) is 6.53. The molecular weight excluding hydrogens is 422 g/mol. The second-order valence-corrected chi connectivity index (χ2v) is 9.11. The number of amides is 1. The largest absolute Gasteiger partial charge is 0.489 e. The van der Waals surface area contributed by atoms with Crippen molar-refractivity contribution < 1.29 is 19.0 Å². The van der Waals surface area contributed by atoms with Gasteiger partial charge in [0, 0.05) is 38.1 Å². The molecule has 1 amide bonds. The predicted octanol–water partition coefficient (Wildman–Crippen LogP) is 4.28. The van der Waals surface area contributed by atoms with Crippen LogP contribution in [0.4, 0.5) is 4.79 Å². The Morgan fingerprint density at radius 2 is 1.88 bits per heavy atom. The molecule has 0 saturated carbocycles. The van der Waals surface area contributed by atoms with Crippen molar-refractivity contribution in [2.75, 3.05) is 13.1 Å². The third-order valence-corrected chi connectivity index (χ3v) is 5.32. The summed E-state index contributed by atoms with van der Waals surface area (Å²) >= 11 is 0. The molecule has 2 aromatic carbocycles. The lowest BCUT2D eigenvalue weighted by molar-refractivity contribution is 0.0127. The van der Waals surface area contributed by atoms with Crippen LogP contribution in [-0.2, 0) is 11.3 Å². The highest BCUT2D eigenvalue weighted by molar-refractivity contribution is 5.85. The normalized spacial score (nSPS) is 14.8. The molecule has 1 aliphatic rings. The third kappa shape index (κ3) is 5.83. The number of benzene rings is 2. The Hall–Kier alpha value is -3.55. The SMILES string of the molecule is CC(C)(C)OC(=O)N1CCC(Oc2cc(OCc3ccccc3)cc3nc[nH]c(=O)c23)CC1. The van der Waals surface area contributed by atoms with Crippen LogP contribution in [-0.4, -0.2) is 45.8 Å². The molecule has 33 heavy (non-hydrogen) atoms.